The van der Waals surface area contributed by atoms with Gasteiger partial charge in [0, 0.05) is 54.3 Å². The monoisotopic (exact) mass is 627 g/mol. The van der Waals surface area contributed by atoms with Crippen molar-refractivity contribution in [1.82, 2.24) is 14.4 Å². The Morgan fingerprint density at radius 3 is 2.61 bits per heavy atom. The van der Waals surface area contributed by atoms with E-state index in [0.29, 0.717) is 16.8 Å². The number of amides is 1. The van der Waals surface area contributed by atoms with Crippen LogP contribution >= 0.6 is 11.6 Å². The summed E-state index contributed by atoms with van der Waals surface area (Å²) in [6.07, 6.45) is 10.6. The highest BCUT2D eigenvalue weighted by Crippen LogP contribution is 2.49. The molecule has 0 bridgehead atoms. The maximum absolute atomic E-state index is 13.2. The molecule has 7 rings (SSSR count). The van der Waals surface area contributed by atoms with Gasteiger partial charge in [0.1, 0.15) is 11.5 Å². The zero-order chi connectivity index (χ0) is 30.8. The molecular weight excluding hydrogens is 586 g/mol. The predicted molar refractivity (Wildman–Crippen MR) is 179 cm³/mol. The van der Waals surface area contributed by atoms with Crippen LogP contribution in [0.25, 0.3) is 5.65 Å². The summed E-state index contributed by atoms with van der Waals surface area (Å²) in [5, 5.41) is 3.92. The van der Waals surface area contributed by atoms with Crippen molar-refractivity contribution in [2.45, 2.75) is 88.6 Å². The Morgan fingerprint density at radius 2 is 1.86 bits per heavy atom. The second-order valence-electron chi connectivity index (χ2n) is 14.5. The molecule has 44 heavy (non-hydrogen) atoms. The van der Waals surface area contributed by atoms with Gasteiger partial charge in [0.2, 0.25) is 5.91 Å². The summed E-state index contributed by atoms with van der Waals surface area (Å²) < 4.78 is 9.15. The van der Waals surface area contributed by atoms with Gasteiger partial charge >= 0.3 is 0 Å². The van der Waals surface area contributed by atoms with Gasteiger partial charge in [-0.3, -0.25) is 4.79 Å². The van der Waals surface area contributed by atoms with Crippen molar-refractivity contribution in [2.24, 2.45) is 5.92 Å². The van der Waals surface area contributed by atoms with E-state index in [2.05, 4.69) is 78.0 Å². The second-order valence-corrected chi connectivity index (χ2v) is 19.7. The van der Waals surface area contributed by atoms with Crippen LogP contribution in [0, 0.1) is 5.92 Å². The van der Waals surface area contributed by atoms with Gasteiger partial charge in [0.25, 0.3) is 0 Å². The van der Waals surface area contributed by atoms with Crippen LogP contribution in [0.5, 0.6) is 0 Å². The molecule has 4 aromatic rings. The van der Waals surface area contributed by atoms with E-state index in [4.69, 9.17) is 21.0 Å². The van der Waals surface area contributed by atoms with Gasteiger partial charge in [-0.1, -0.05) is 50.6 Å². The fourth-order valence-electron chi connectivity index (χ4n) is 6.37. The van der Waals surface area contributed by atoms with Gasteiger partial charge in [-0.2, -0.15) is 0 Å². The van der Waals surface area contributed by atoms with Crippen molar-refractivity contribution in [3.8, 4) is 0 Å². The van der Waals surface area contributed by atoms with E-state index in [9.17, 15) is 4.79 Å². The first-order chi connectivity index (χ1) is 20.9. The molecule has 4 atom stereocenters. The lowest BCUT2D eigenvalue weighted by atomic mass is 10.1. The third-order valence-corrected chi connectivity index (χ3v) is 14.9. The van der Waals surface area contributed by atoms with E-state index in [1.54, 1.807) is 6.20 Å². The molecule has 1 N–H and O–H groups in total. The predicted octanol–water partition coefficient (Wildman–Crippen LogP) is 8.34. The van der Waals surface area contributed by atoms with E-state index < -0.39 is 8.32 Å². The van der Waals surface area contributed by atoms with Gasteiger partial charge in [-0.25, -0.2) is 9.97 Å². The molecule has 2 aliphatic carbocycles. The number of pyridine rings is 2. The summed E-state index contributed by atoms with van der Waals surface area (Å²) in [5.74, 6) is 1.39. The summed E-state index contributed by atoms with van der Waals surface area (Å²) >= 11 is 6.19. The van der Waals surface area contributed by atoms with Crippen LogP contribution in [0.3, 0.4) is 0 Å². The number of hydrogen-bond acceptors (Lipinski definition) is 5. The molecule has 3 fully saturated rings. The van der Waals surface area contributed by atoms with E-state index in [1.807, 2.05) is 36.4 Å². The summed E-state index contributed by atoms with van der Waals surface area (Å²) in [7, 11) is -1.98. The lowest BCUT2D eigenvalue weighted by Gasteiger charge is -2.38. The van der Waals surface area contributed by atoms with Gasteiger partial charge in [-0.15, -0.1) is 0 Å². The van der Waals surface area contributed by atoms with Crippen molar-refractivity contribution >= 4 is 43.0 Å². The van der Waals surface area contributed by atoms with Gasteiger partial charge in [-0.05, 0) is 84.6 Å². The molecule has 0 radical (unpaired) electrons. The number of benzene rings is 1. The number of hydrogen-bond donors (Lipinski definition) is 1. The highest BCUT2D eigenvalue weighted by atomic mass is 35.5. The zero-order valence-corrected chi connectivity index (χ0v) is 28.0. The Bertz CT molecular complexity index is 1710. The molecule has 9 heteroatoms. The Morgan fingerprint density at radius 1 is 1.05 bits per heavy atom. The van der Waals surface area contributed by atoms with Crippen LogP contribution in [-0.2, 0) is 9.22 Å². The van der Waals surface area contributed by atoms with Crippen molar-refractivity contribution in [1.29, 1.82) is 0 Å². The summed E-state index contributed by atoms with van der Waals surface area (Å²) in [5.41, 5.74) is 5.54. The standard InChI is InChI=1S/C35H42ClN5O2Si/c1-35(2,3)44(4,5)43-27-17-31(30-21-40-19-24(22-9-10-22)11-12-33(40)38-30)41(20-27)26-13-14-37-32(16-26)39-34(42)29-18-28(29)23-7-6-8-25(36)15-23/h6-8,11-16,19,21-22,27-29,31H,9-10,17-18,20H2,1-5H3,(H,37,39,42)/t27-,28+,29-,31+/m0/s1. The smallest absolute Gasteiger partial charge is 0.229 e. The van der Waals surface area contributed by atoms with Crippen LogP contribution in [0.4, 0.5) is 11.5 Å². The van der Waals surface area contributed by atoms with Crippen LogP contribution in [-0.4, -0.2) is 41.2 Å². The molecule has 1 aliphatic heterocycles. The van der Waals surface area contributed by atoms with Crippen molar-refractivity contribution in [2.75, 3.05) is 16.8 Å². The zero-order valence-electron chi connectivity index (χ0n) is 26.3. The number of imidazole rings is 1. The number of aromatic nitrogens is 3. The van der Waals surface area contributed by atoms with Gasteiger partial charge in [0.15, 0.2) is 8.32 Å². The first kappa shape index (κ1) is 29.5. The molecule has 4 heterocycles. The Labute approximate surface area is 266 Å². The average molecular weight is 628 g/mol. The number of carbonyl (C=O) groups is 1. The molecule has 0 spiro atoms. The van der Waals surface area contributed by atoms with Crippen molar-refractivity contribution in [3.63, 3.8) is 0 Å². The molecular formula is C35H42ClN5O2Si. The largest absolute Gasteiger partial charge is 0.412 e. The minimum Gasteiger partial charge on any atom is -0.412 e. The molecule has 1 amide bonds. The highest BCUT2D eigenvalue weighted by molar-refractivity contribution is 6.74. The molecule has 2 saturated carbocycles. The highest BCUT2D eigenvalue weighted by Gasteiger charge is 2.45. The third kappa shape index (κ3) is 5.92. The third-order valence-electron chi connectivity index (χ3n) is 10.1. The Hall–Kier alpha value is -3.20. The molecule has 230 valence electrons. The summed E-state index contributed by atoms with van der Waals surface area (Å²) in [4.78, 5) is 25.2. The quantitative estimate of drug-likeness (QED) is 0.199. The molecule has 3 aromatic heterocycles. The van der Waals surface area contributed by atoms with Gasteiger partial charge < -0.3 is 19.0 Å². The van der Waals surface area contributed by atoms with Gasteiger partial charge in [0.05, 0.1) is 17.8 Å². The minimum atomic E-state index is -1.98. The van der Waals surface area contributed by atoms with Crippen LogP contribution in [0.1, 0.15) is 81.2 Å². The van der Waals surface area contributed by atoms with Crippen LogP contribution in [0.2, 0.25) is 23.2 Å². The molecule has 0 unspecified atom stereocenters. The first-order valence-electron chi connectivity index (χ1n) is 15.9. The maximum Gasteiger partial charge on any atom is 0.229 e. The van der Waals surface area contributed by atoms with Crippen LogP contribution < -0.4 is 10.2 Å². The van der Waals surface area contributed by atoms with E-state index >= 15 is 0 Å². The summed E-state index contributed by atoms with van der Waals surface area (Å²) in [6.45, 7) is 12.3. The molecule has 7 nitrogen and oxygen atoms in total. The fourth-order valence-corrected chi connectivity index (χ4v) is 7.92. The topological polar surface area (TPSA) is 71.8 Å². The number of fused-ring (bicyclic) bond motifs is 1. The molecule has 3 aliphatic rings. The normalized spacial score (nSPS) is 23.7. The second kappa shape index (κ2) is 11.0. The summed E-state index contributed by atoms with van der Waals surface area (Å²) in [6, 6.07) is 16.3. The lowest BCUT2D eigenvalue weighted by Crippen LogP contribution is -2.44. The number of nitrogens with zero attached hydrogens (tertiary/aromatic N) is 4. The number of anilines is 2. The number of carbonyl (C=O) groups excluding carboxylic acids is 1. The lowest BCUT2D eigenvalue weighted by molar-refractivity contribution is -0.117. The Balaban J connectivity index is 1.14. The SMILES string of the molecule is CC(C)(C)[Si](C)(C)O[C@H]1C[C@H](c2cn3cc(C4CC4)ccc3n2)N(c2ccnc(NC(=O)[C@H]3C[C@@H]3c3cccc(Cl)c3)c2)C1. The number of rotatable bonds is 8. The van der Waals surface area contributed by atoms with Crippen molar-refractivity contribution < 1.29 is 9.22 Å². The number of nitrogens with one attached hydrogen (secondary N) is 1. The average Bonchev–Trinajstić information content (AvgIpc) is 3.89. The maximum atomic E-state index is 13.2. The number of halogens is 1. The Kier molecular flexibility index (Phi) is 7.38. The molecule has 1 saturated heterocycles. The van der Waals surface area contributed by atoms with E-state index in [1.165, 1.54) is 18.4 Å². The van der Waals surface area contributed by atoms with Crippen LogP contribution in [0.15, 0.2) is 67.1 Å². The van der Waals surface area contributed by atoms with E-state index in [-0.39, 0.29) is 34.9 Å². The van der Waals surface area contributed by atoms with Crippen molar-refractivity contribution in [3.05, 3.63) is 89.0 Å². The van der Waals surface area contributed by atoms with E-state index in [0.717, 1.165) is 42.0 Å². The minimum absolute atomic E-state index is 0.00329. The molecule has 1 aromatic carbocycles. The fraction of sp³-hybridized carbons (Fsp3) is 0.457. The first-order valence-corrected chi connectivity index (χ1v) is 19.2.